The van der Waals surface area contributed by atoms with Crippen molar-refractivity contribution >= 4 is 23.2 Å². The fraction of sp³-hybridized carbons (Fsp3) is 0.538. The minimum absolute atomic E-state index is 0.0681. The van der Waals surface area contributed by atoms with Gasteiger partial charge in [-0.25, -0.2) is 0 Å². The molecule has 0 fully saturated rings. The van der Waals surface area contributed by atoms with Gasteiger partial charge in [-0.15, -0.1) is 0 Å². The first-order valence-corrected chi connectivity index (χ1v) is 6.57. The van der Waals surface area contributed by atoms with Crippen molar-refractivity contribution < 1.29 is 0 Å². The van der Waals surface area contributed by atoms with Crippen LogP contribution in [0.4, 0.5) is 0 Å². The van der Waals surface area contributed by atoms with E-state index in [0.717, 1.165) is 12.1 Å². The van der Waals surface area contributed by atoms with Crippen LogP contribution in [0.25, 0.3) is 0 Å². The molecule has 2 N–H and O–H groups in total. The first-order chi connectivity index (χ1) is 7.97. The highest BCUT2D eigenvalue weighted by Crippen LogP contribution is 2.32. The topological polar surface area (TPSA) is 29.3 Å². The fourth-order valence-corrected chi connectivity index (χ4v) is 2.70. The Hall–Kier alpha value is -0.280. The fourth-order valence-electron chi connectivity index (χ4n) is 2.05. The summed E-state index contributed by atoms with van der Waals surface area (Å²) in [6, 6.07) is 5.63. The summed E-state index contributed by atoms with van der Waals surface area (Å²) < 4.78 is 0. The molecule has 96 valence electrons. The van der Waals surface area contributed by atoms with Gasteiger partial charge in [-0.2, -0.15) is 0 Å². The second kappa shape index (κ2) is 6.60. The van der Waals surface area contributed by atoms with Crippen LogP contribution in [0.3, 0.4) is 0 Å². The normalized spacial score (nSPS) is 13.4. The molecule has 1 atom stereocenters. The minimum Gasteiger partial charge on any atom is -0.329 e. The molecule has 0 aliphatic rings. The minimum atomic E-state index is 0.0681. The number of likely N-dealkylation sites (N-methyl/N-ethyl adjacent to an activating group) is 1. The van der Waals surface area contributed by atoms with Gasteiger partial charge in [-0.05, 0) is 25.1 Å². The third-order valence-electron chi connectivity index (χ3n) is 2.74. The van der Waals surface area contributed by atoms with E-state index in [-0.39, 0.29) is 6.04 Å². The SMILES string of the molecule is CC(C)CN(C)C(CN)c1c(Cl)cccc1Cl. The van der Waals surface area contributed by atoms with E-state index in [1.807, 2.05) is 18.2 Å². The van der Waals surface area contributed by atoms with Crippen molar-refractivity contribution in [3.05, 3.63) is 33.8 Å². The predicted octanol–water partition coefficient (Wildman–Crippen LogP) is 3.58. The van der Waals surface area contributed by atoms with Gasteiger partial charge in [0, 0.05) is 34.7 Å². The number of hydrogen-bond donors (Lipinski definition) is 1. The Morgan fingerprint density at radius 2 is 1.76 bits per heavy atom. The maximum absolute atomic E-state index is 6.22. The highest BCUT2D eigenvalue weighted by Gasteiger charge is 2.21. The predicted molar refractivity (Wildman–Crippen MR) is 75.7 cm³/mol. The average molecular weight is 275 g/mol. The summed E-state index contributed by atoms with van der Waals surface area (Å²) in [6.45, 7) is 5.83. The maximum Gasteiger partial charge on any atom is 0.0497 e. The van der Waals surface area contributed by atoms with Gasteiger partial charge in [0.15, 0.2) is 0 Å². The molecule has 0 amide bonds. The van der Waals surface area contributed by atoms with Crippen molar-refractivity contribution in [1.82, 2.24) is 4.90 Å². The Kier molecular flexibility index (Phi) is 5.74. The van der Waals surface area contributed by atoms with Crippen LogP contribution >= 0.6 is 23.2 Å². The van der Waals surface area contributed by atoms with Crippen molar-refractivity contribution in [1.29, 1.82) is 0 Å². The van der Waals surface area contributed by atoms with Crippen LogP contribution < -0.4 is 5.73 Å². The second-order valence-electron chi connectivity index (χ2n) is 4.72. The number of nitrogens with two attached hydrogens (primary N) is 1. The van der Waals surface area contributed by atoms with Gasteiger partial charge >= 0.3 is 0 Å². The zero-order valence-corrected chi connectivity index (χ0v) is 12.1. The molecule has 0 radical (unpaired) electrons. The number of benzene rings is 1. The summed E-state index contributed by atoms with van der Waals surface area (Å²) in [5.74, 6) is 0.579. The number of halogens is 2. The highest BCUT2D eigenvalue weighted by molar-refractivity contribution is 6.36. The molecule has 1 aromatic rings. The van der Waals surface area contributed by atoms with Crippen LogP contribution in [0.5, 0.6) is 0 Å². The zero-order chi connectivity index (χ0) is 13.0. The molecule has 17 heavy (non-hydrogen) atoms. The quantitative estimate of drug-likeness (QED) is 0.890. The van der Waals surface area contributed by atoms with Crippen molar-refractivity contribution in [2.75, 3.05) is 20.1 Å². The number of hydrogen-bond acceptors (Lipinski definition) is 2. The molecule has 2 nitrogen and oxygen atoms in total. The lowest BCUT2D eigenvalue weighted by atomic mass is 10.0. The van der Waals surface area contributed by atoms with E-state index >= 15 is 0 Å². The molecule has 0 heterocycles. The van der Waals surface area contributed by atoms with Crippen LogP contribution in [0.2, 0.25) is 10.0 Å². The second-order valence-corrected chi connectivity index (χ2v) is 5.53. The Balaban J connectivity index is 3.01. The lowest BCUT2D eigenvalue weighted by Gasteiger charge is -2.30. The third-order valence-corrected chi connectivity index (χ3v) is 3.40. The smallest absolute Gasteiger partial charge is 0.0497 e. The first-order valence-electron chi connectivity index (χ1n) is 5.81. The summed E-state index contributed by atoms with van der Waals surface area (Å²) in [7, 11) is 2.05. The van der Waals surface area contributed by atoms with Crippen LogP contribution in [-0.2, 0) is 0 Å². The Bertz CT molecular complexity index is 346. The van der Waals surface area contributed by atoms with E-state index in [4.69, 9.17) is 28.9 Å². The summed E-state index contributed by atoms with van der Waals surface area (Å²) in [4.78, 5) is 2.21. The maximum atomic E-state index is 6.22. The van der Waals surface area contributed by atoms with Gasteiger partial charge in [0.1, 0.15) is 0 Å². The largest absolute Gasteiger partial charge is 0.329 e. The molecule has 0 saturated carbocycles. The molecule has 1 rings (SSSR count). The molecule has 4 heteroatoms. The molecule has 0 aromatic heterocycles. The standard InChI is InChI=1S/C13H20Cl2N2/c1-9(2)8-17(3)12(7-16)13-10(14)5-4-6-11(13)15/h4-6,9,12H,7-8,16H2,1-3H3. The summed E-state index contributed by atoms with van der Waals surface area (Å²) in [5.41, 5.74) is 6.79. The molecule has 0 spiro atoms. The zero-order valence-electron chi connectivity index (χ0n) is 10.6. The molecule has 0 saturated heterocycles. The summed E-state index contributed by atoms with van der Waals surface area (Å²) in [5, 5.41) is 1.37. The molecule has 0 aliphatic carbocycles. The summed E-state index contributed by atoms with van der Waals surface area (Å²) >= 11 is 12.4. The molecule has 0 aliphatic heterocycles. The molecule has 1 unspecified atom stereocenters. The van der Waals surface area contributed by atoms with Gasteiger partial charge in [-0.3, -0.25) is 4.90 Å². The van der Waals surface area contributed by atoms with E-state index in [2.05, 4.69) is 25.8 Å². The van der Waals surface area contributed by atoms with Gasteiger partial charge in [0.05, 0.1) is 0 Å². The third kappa shape index (κ3) is 3.85. The average Bonchev–Trinajstić information content (AvgIpc) is 2.22. The van der Waals surface area contributed by atoms with E-state index in [1.54, 1.807) is 0 Å². The van der Waals surface area contributed by atoms with Crippen molar-refractivity contribution in [3.63, 3.8) is 0 Å². The van der Waals surface area contributed by atoms with E-state index < -0.39 is 0 Å². The van der Waals surface area contributed by atoms with Crippen LogP contribution in [-0.4, -0.2) is 25.0 Å². The number of nitrogens with zero attached hydrogens (tertiary/aromatic N) is 1. The van der Waals surface area contributed by atoms with Crippen molar-refractivity contribution in [2.24, 2.45) is 11.7 Å². The Morgan fingerprint density at radius 1 is 1.24 bits per heavy atom. The van der Waals surface area contributed by atoms with E-state index in [0.29, 0.717) is 22.5 Å². The van der Waals surface area contributed by atoms with Gasteiger partial charge in [0.25, 0.3) is 0 Å². The Morgan fingerprint density at radius 3 is 2.18 bits per heavy atom. The number of rotatable bonds is 5. The van der Waals surface area contributed by atoms with Gasteiger partial charge in [-0.1, -0.05) is 43.1 Å². The van der Waals surface area contributed by atoms with Crippen molar-refractivity contribution in [2.45, 2.75) is 19.9 Å². The summed E-state index contributed by atoms with van der Waals surface area (Å²) in [6.07, 6.45) is 0. The van der Waals surface area contributed by atoms with Gasteiger partial charge in [0.2, 0.25) is 0 Å². The first kappa shape index (κ1) is 14.8. The van der Waals surface area contributed by atoms with Crippen LogP contribution in [0, 0.1) is 5.92 Å². The molecule has 1 aromatic carbocycles. The Labute approximate surface area is 114 Å². The monoisotopic (exact) mass is 274 g/mol. The van der Waals surface area contributed by atoms with Crippen LogP contribution in [0.1, 0.15) is 25.5 Å². The molecular formula is C13H20Cl2N2. The lowest BCUT2D eigenvalue weighted by Crippen LogP contribution is -2.33. The highest BCUT2D eigenvalue weighted by atomic mass is 35.5. The molecular weight excluding hydrogens is 255 g/mol. The lowest BCUT2D eigenvalue weighted by molar-refractivity contribution is 0.224. The van der Waals surface area contributed by atoms with E-state index in [1.165, 1.54) is 0 Å². The molecule has 0 bridgehead atoms. The van der Waals surface area contributed by atoms with Gasteiger partial charge < -0.3 is 5.73 Å². The van der Waals surface area contributed by atoms with Crippen LogP contribution in [0.15, 0.2) is 18.2 Å². The van der Waals surface area contributed by atoms with E-state index in [9.17, 15) is 0 Å². The van der Waals surface area contributed by atoms with Crippen molar-refractivity contribution in [3.8, 4) is 0 Å².